The van der Waals surface area contributed by atoms with Gasteiger partial charge >= 0.3 is 0 Å². The van der Waals surface area contributed by atoms with Gasteiger partial charge < -0.3 is 4.90 Å². The zero-order chi connectivity index (χ0) is 16.4. The molecule has 0 bridgehead atoms. The lowest BCUT2D eigenvalue weighted by molar-refractivity contribution is 0.0786. The molecule has 4 nitrogen and oxygen atoms in total. The van der Waals surface area contributed by atoms with E-state index in [4.69, 9.17) is 11.6 Å². The summed E-state index contributed by atoms with van der Waals surface area (Å²) in [5.41, 5.74) is 1.91. The normalized spacial score (nSPS) is 10.7. The lowest BCUT2D eigenvalue weighted by Gasteiger charge is -2.16. The van der Waals surface area contributed by atoms with E-state index in [0.29, 0.717) is 23.0 Å². The van der Waals surface area contributed by atoms with Crippen LogP contribution in [0, 0.1) is 6.92 Å². The van der Waals surface area contributed by atoms with Crippen molar-refractivity contribution < 1.29 is 4.79 Å². The zero-order valence-corrected chi connectivity index (χ0v) is 14.4. The Morgan fingerprint density at radius 2 is 2.00 bits per heavy atom. The Hall–Kier alpha value is -2.11. The van der Waals surface area contributed by atoms with Crippen molar-refractivity contribution in [1.29, 1.82) is 0 Å². The highest BCUT2D eigenvalue weighted by molar-refractivity contribution is 7.09. The number of thiophene rings is 1. The van der Waals surface area contributed by atoms with E-state index in [0.717, 1.165) is 10.6 Å². The molecule has 1 aromatic carbocycles. The zero-order valence-electron chi connectivity index (χ0n) is 12.9. The summed E-state index contributed by atoms with van der Waals surface area (Å²) >= 11 is 8.07. The van der Waals surface area contributed by atoms with Gasteiger partial charge in [0, 0.05) is 11.9 Å². The van der Waals surface area contributed by atoms with Gasteiger partial charge in [0.15, 0.2) is 0 Å². The van der Waals surface area contributed by atoms with Gasteiger partial charge in [-0.2, -0.15) is 5.10 Å². The number of aromatic nitrogens is 2. The predicted molar refractivity (Wildman–Crippen MR) is 93.4 cm³/mol. The predicted octanol–water partition coefficient (Wildman–Crippen LogP) is 4.17. The van der Waals surface area contributed by atoms with Crippen LogP contribution in [0.4, 0.5) is 0 Å². The summed E-state index contributed by atoms with van der Waals surface area (Å²) in [6.45, 7) is 2.36. The lowest BCUT2D eigenvalue weighted by Crippen LogP contribution is -2.26. The van der Waals surface area contributed by atoms with Crippen LogP contribution in [0.25, 0.3) is 5.69 Å². The fourth-order valence-corrected chi connectivity index (χ4v) is 3.49. The minimum atomic E-state index is -0.122. The molecule has 2 aromatic heterocycles. The van der Waals surface area contributed by atoms with Crippen molar-refractivity contribution in [3.05, 3.63) is 69.1 Å². The second-order valence-electron chi connectivity index (χ2n) is 5.24. The Morgan fingerprint density at radius 3 is 2.65 bits per heavy atom. The van der Waals surface area contributed by atoms with Crippen molar-refractivity contribution in [3.63, 3.8) is 0 Å². The molecule has 1 amide bonds. The first-order valence-corrected chi connectivity index (χ1v) is 8.42. The van der Waals surface area contributed by atoms with Gasteiger partial charge in [0.2, 0.25) is 0 Å². The second-order valence-corrected chi connectivity index (χ2v) is 6.63. The van der Waals surface area contributed by atoms with Crippen molar-refractivity contribution in [2.75, 3.05) is 7.05 Å². The number of halogens is 1. The van der Waals surface area contributed by atoms with Crippen LogP contribution in [0.1, 0.15) is 20.9 Å². The minimum absolute atomic E-state index is 0.122. The molecule has 6 heteroatoms. The maximum Gasteiger partial charge on any atom is 0.258 e. The molecular weight excluding hydrogens is 330 g/mol. The van der Waals surface area contributed by atoms with E-state index in [1.54, 1.807) is 34.9 Å². The third kappa shape index (κ3) is 3.16. The standard InChI is InChI=1S/C17H16ClN3OS/c1-12-15(17(22)20(2)11-14-9-6-10-23-14)16(18)21(19-12)13-7-4-3-5-8-13/h3-10H,11H2,1-2H3. The molecule has 118 valence electrons. The van der Waals surface area contributed by atoms with Gasteiger partial charge in [-0.25, -0.2) is 4.68 Å². The van der Waals surface area contributed by atoms with Crippen molar-refractivity contribution in [2.45, 2.75) is 13.5 Å². The van der Waals surface area contributed by atoms with Gasteiger partial charge in [0.1, 0.15) is 5.15 Å². The number of para-hydroxylation sites is 1. The fourth-order valence-electron chi connectivity index (χ4n) is 2.38. The average Bonchev–Trinajstić information content (AvgIpc) is 3.15. The van der Waals surface area contributed by atoms with E-state index in [2.05, 4.69) is 5.10 Å². The van der Waals surface area contributed by atoms with Crippen molar-refractivity contribution in [1.82, 2.24) is 14.7 Å². The lowest BCUT2D eigenvalue weighted by atomic mass is 10.2. The summed E-state index contributed by atoms with van der Waals surface area (Å²) in [5, 5.41) is 6.76. The van der Waals surface area contributed by atoms with Crippen LogP contribution in [0.3, 0.4) is 0 Å². The molecule has 3 aromatic rings. The number of hydrogen-bond acceptors (Lipinski definition) is 3. The largest absolute Gasteiger partial charge is 0.336 e. The quantitative estimate of drug-likeness (QED) is 0.711. The Labute approximate surface area is 143 Å². The topological polar surface area (TPSA) is 38.1 Å². The van der Waals surface area contributed by atoms with Gasteiger partial charge in [0.05, 0.1) is 23.5 Å². The second kappa shape index (κ2) is 6.56. The molecule has 0 N–H and O–H groups in total. The van der Waals surface area contributed by atoms with Crippen LogP contribution in [-0.2, 0) is 6.54 Å². The Bertz CT molecular complexity index is 812. The molecule has 0 saturated heterocycles. The minimum Gasteiger partial charge on any atom is -0.336 e. The Kier molecular flexibility index (Phi) is 4.50. The van der Waals surface area contributed by atoms with E-state index < -0.39 is 0 Å². The summed E-state index contributed by atoms with van der Waals surface area (Å²) in [6.07, 6.45) is 0. The first-order chi connectivity index (χ1) is 11.1. The molecule has 0 atom stereocenters. The molecule has 0 radical (unpaired) electrons. The molecule has 0 aliphatic carbocycles. The molecule has 0 saturated carbocycles. The molecular formula is C17H16ClN3OS. The molecule has 0 unspecified atom stereocenters. The number of aryl methyl sites for hydroxylation is 1. The molecule has 0 aliphatic rings. The average molecular weight is 346 g/mol. The Balaban J connectivity index is 1.91. The highest BCUT2D eigenvalue weighted by Gasteiger charge is 2.24. The summed E-state index contributed by atoms with van der Waals surface area (Å²) < 4.78 is 1.60. The van der Waals surface area contributed by atoms with Crippen LogP contribution in [0.2, 0.25) is 5.15 Å². The number of hydrogen-bond donors (Lipinski definition) is 0. The highest BCUT2D eigenvalue weighted by atomic mass is 35.5. The monoisotopic (exact) mass is 345 g/mol. The third-order valence-electron chi connectivity index (χ3n) is 3.54. The molecule has 3 rings (SSSR count). The fraction of sp³-hybridized carbons (Fsp3) is 0.176. The maximum atomic E-state index is 12.7. The van der Waals surface area contributed by atoms with E-state index in [1.807, 2.05) is 47.8 Å². The van der Waals surface area contributed by atoms with Crippen LogP contribution in [-0.4, -0.2) is 27.6 Å². The van der Waals surface area contributed by atoms with Crippen LogP contribution in [0.5, 0.6) is 0 Å². The van der Waals surface area contributed by atoms with E-state index in [-0.39, 0.29) is 5.91 Å². The summed E-state index contributed by atoms with van der Waals surface area (Å²) in [5.74, 6) is -0.122. The van der Waals surface area contributed by atoms with E-state index in [9.17, 15) is 4.79 Å². The SMILES string of the molecule is Cc1nn(-c2ccccc2)c(Cl)c1C(=O)N(C)Cc1cccs1. The van der Waals surface area contributed by atoms with Crippen LogP contribution in [0.15, 0.2) is 47.8 Å². The summed E-state index contributed by atoms with van der Waals surface area (Å²) in [6, 6.07) is 13.5. The van der Waals surface area contributed by atoms with Gasteiger partial charge in [-0.05, 0) is 30.5 Å². The first-order valence-electron chi connectivity index (χ1n) is 7.16. The van der Waals surface area contributed by atoms with Gasteiger partial charge in [-0.15, -0.1) is 11.3 Å². The van der Waals surface area contributed by atoms with Crippen LogP contribution >= 0.6 is 22.9 Å². The highest BCUT2D eigenvalue weighted by Crippen LogP contribution is 2.25. The maximum absolute atomic E-state index is 12.7. The van der Waals surface area contributed by atoms with Gasteiger partial charge in [-0.1, -0.05) is 35.9 Å². The third-order valence-corrected chi connectivity index (χ3v) is 4.75. The van der Waals surface area contributed by atoms with Crippen molar-refractivity contribution in [2.24, 2.45) is 0 Å². The number of nitrogens with zero attached hydrogens (tertiary/aromatic N) is 3. The number of rotatable bonds is 4. The van der Waals surface area contributed by atoms with Gasteiger partial charge in [-0.3, -0.25) is 4.79 Å². The van der Waals surface area contributed by atoms with E-state index in [1.165, 1.54) is 0 Å². The first kappa shape index (κ1) is 15.8. The molecule has 23 heavy (non-hydrogen) atoms. The van der Waals surface area contributed by atoms with E-state index >= 15 is 0 Å². The smallest absolute Gasteiger partial charge is 0.258 e. The molecule has 0 fully saturated rings. The summed E-state index contributed by atoms with van der Waals surface area (Å²) in [7, 11) is 1.78. The number of amides is 1. The summed E-state index contributed by atoms with van der Waals surface area (Å²) in [4.78, 5) is 15.5. The molecule has 2 heterocycles. The van der Waals surface area contributed by atoms with Crippen molar-refractivity contribution in [3.8, 4) is 5.69 Å². The number of benzene rings is 1. The van der Waals surface area contributed by atoms with Crippen LogP contribution < -0.4 is 0 Å². The Morgan fingerprint density at radius 1 is 1.26 bits per heavy atom. The van der Waals surface area contributed by atoms with Gasteiger partial charge in [0.25, 0.3) is 5.91 Å². The molecule has 0 spiro atoms. The van der Waals surface area contributed by atoms with Crippen molar-refractivity contribution >= 4 is 28.8 Å². The number of carbonyl (C=O) groups is 1. The molecule has 0 aliphatic heterocycles. The number of carbonyl (C=O) groups excluding carboxylic acids is 1.